The first kappa shape index (κ1) is 28.7. The second-order valence-electron chi connectivity index (χ2n) is 10.0. The Kier molecular flexibility index (Phi) is 7.80. The van der Waals surface area contributed by atoms with Crippen molar-refractivity contribution < 1.29 is 33.7 Å². The Labute approximate surface area is 254 Å². The molecule has 6 rings (SSSR count). The van der Waals surface area contributed by atoms with Gasteiger partial charge in [-0.1, -0.05) is 47.4 Å². The van der Waals surface area contributed by atoms with Crippen molar-refractivity contribution in [3.63, 3.8) is 0 Å². The number of aliphatic hydroxyl groups is 1. The second kappa shape index (κ2) is 11.7. The fourth-order valence-electron chi connectivity index (χ4n) is 5.16. The Morgan fingerprint density at radius 2 is 1.98 bits per heavy atom. The number of nitrogens with zero attached hydrogens (tertiary/aromatic N) is 3. The van der Waals surface area contributed by atoms with Gasteiger partial charge in [0.15, 0.2) is 15.8 Å². The number of amides is 1. The summed E-state index contributed by atoms with van der Waals surface area (Å²) in [7, 11) is 0. The Morgan fingerprint density at radius 1 is 1.16 bits per heavy atom. The number of fused-ring (bicyclic) bond motifs is 1. The van der Waals surface area contributed by atoms with Crippen molar-refractivity contribution in [3.8, 4) is 17.2 Å². The number of hydrogen-bond acceptors (Lipinski definition) is 10. The van der Waals surface area contributed by atoms with Gasteiger partial charge in [0.2, 0.25) is 5.13 Å². The van der Waals surface area contributed by atoms with Crippen LogP contribution in [0.1, 0.15) is 42.1 Å². The van der Waals surface area contributed by atoms with E-state index in [-0.39, 0.29) is 46.5 Å². The van der Waals surface area contributed by atoms with Gasteiger partial charge in [-0.05, 0) is 66.9 Å². The lowest BCUT2D eigenvalue weighted by Crippen LogP contribution is -2.29. The summed E-state index contributed by atoms with van der Waals surface area (Å²) in [4.78, 5) is 28.4. The normalized spacial score (nSPS) is 19.0. The van der Waals surface area contributed by atoms with Crippen molar-refractivity contribution in [2.45, 2.75) is 42.5 Å². The summed E-state index contributed by atoms with van der Waals surface area (Å²) in [6.45, 7) is 3.97. The molecule has 0 aliphatic carbocycles. The van der Waals surface area contributed by atoms with E-state index in [4.69, 9.17) is 9.47 Å². The molecule has 1 amide bonds. The molecular weight excluding hydrogens is 593 g/mol. The molecular formula is C31H26FN3O6S2. The largest absolute Gasteiger partial charge is 0.507 e. The first-order valence-corrected chi connectivity index (χ1v) is 15.3. The van der Waals surface area contributed by atoms with Crippen LogP contribution in [0.5, 0.6) is 17.2 Å². The minimum atomic E-state index is -1.10. The maximum Gasteiger partial charge on any atom is 0.301 e. The molecule has 0 saturated carbocycles. The molecule has 2 atom stereocenters. The van der Waals surface area contributed by atoms with Crippen LogP contribution >= 0.6 is 23.1 Å². The van der Waals surface area contributed by atoms with E-state index in [0.717, 1.165) is 16.9 Å². The van der Waals surface area contributed by atoms with Crippen LogP contribution in [0, 0.1) is 5.82 Å². The number of carbonyl (C=O) groups excluding carboxylic acids is 2. The highest BCUT2D eigenvalue weighted by molar-refractivity contribution is 8.00. The number of anilines is 1. The predicted molar refractivity (Wildman–Crippen MR) is 160 cm³/mol. The number of phenols is 1. The fraction of sp³-hybridized carbons (Fsp3) is 0.226. The topological polar surface area (TPSA) is 122 Å². The number of ketones is 1. The number of aliphatic hydroxyl groups excluding tert-OH is 1. The van der Waals surface area contributed by atoms with Gasteiger partial charge in [-0.15, -0.1) is 10.2 Å². The zero-order valence-electron chi connectivity index (χ0n) is 23.1. The molecule has 220 valence electrons. The van der Waals surface area contributed by atoms with Crippen molar-refractivity contribution in [1.82, 2.24) is 10.2 Å². The first-order chi connectivity index (χ1) is 20.7. The zero-order chi connectivity index (χ0) is 30.2. The Morgan fingerprint density at radius 3 is 2.77 bits per heavy atom. The number of Topliss-reactive ketones (excluding diaryl/α,β-unsaturated/α-hetero) is 1. The van der Waals surface area contributed by atoms with Crippen molar-refractivity contribution in [3.05, 3.63) is 94.3 Å². The standard InChI is InChI=1S/C31H26FN3O6S2/c1-3-40-24-14-17(8-10-22(24)36)26-25(27(37)18-9-11-23-20(13-18)12-16(2)41-23)28(38)29(39)35(26)30-33-34-31(43-30)42-15-19-6-4-5-7-21(19)32/h4-11,13-14,16,26,36-37H,3,12,15H2,1-2H3/b27-25+. The van der Waals surface area contributed by atoms with Gasteiger partial charge in [-0.25, -0.2) is 4.39 Å². The van der Waals surface area contributed by atoms with Gasteiger partial charge in [-0.2, -0.15) is 0 Å². The van der Waals surface area contributed by atoms with Crippen LogP contribution in [0.4, 0.5) is 9.52 Å². The molecule has 2 aliphatic rings. The minimum absolute atomic E-state index is 0.0187. The van der Waals surface area contributed by atoms with Crippen LogP contribution in [-0.4, -0.2) is 44.8 Å². The van der Waals surface area contributed by atoms with E-state index in [2.05, 4.69) is 10.2 Å². The molecule has 0 bridgehead atoms. The molecule has 2 unspecified atom stereocenters. The molecule has 0 spiro atoms. The van der Waals surface area contributed by atoms with Crippen LogP contribution in [-0.2, 0) is 21.8 Å². The third-order valence-electron chi connectivity index (χ3n) is 7.12. The molecule has 1 saturated heterocycles. The van der Waals surface area contributed by atoms with E-state index >= 15 is 0 Å². The van der Waals surface area contributed by atoms with Gasteiger partial charge in [0.25, 0.3) is 5.78 Å². The first-order valence-electron chi connectivity index (χ1n) is 13.5. The molecule has 1 fully saturated rings. The number of rotatable bonds is 8. The van der Waals surface area contributed by atoms with Crippen LogP contribution in [0.25, 0.3) is 5.76 Å². The molecule has 0 radical (unpaired) electrons. The lowest BCUT2D eigenvalue weighted by molar-refractivity contribution is -0.132. The average molecular weight is 620 g/mol. The number of thioether (sulfide) groups is 1. The monoisotopic (exact) mass is 619 g/mol. The van der Waals surface area contributed by atoms with E-state index in [0.29, 0.717) is 39.0 Å². The highest BCUT2D eigenvalue weighted by Crippen LogP contribution is 2.46. The molecule has 1 aromatic heterocycles. The van der Waals surface area contributed by atoms with Gasteiger partial charge in [0.1, 0.15) is 23.4 Å². The summed E-state index contributed by atoms with van der Waals surface area (Å²) in [6, 6.07) is 14.9. The van der Waals surface area contributed by atoms with Crippen molar-refractivity contribution >= 4 is 45.7 Å². The van der Waals surface area contributed by atoms with Crippen molar-refractivity contribution in [2.75, 3.05) is 11.5 Å². The average Bonchev–Trinajstić information content (AvgIpc) is 3.68. The number of phenolic OH excluding ortho intramolecular Hbond substituents is 1. The van der Waals surface area contributed by atoms with E-state index in [1.807, 2.05) is 6.92 Å². The Bertz CT molecular complexity index is 1770. The van der Waals surface area contributed by atoms with Gasteiger partial charge in [0.05, 0.1) is 18.2 Å². The van der Waals surface area contributed by atoms with Gasteiger partial charge in [0, 0.05) is 17.7 Å². The number of aromatic nitrogens is 2. The Balaban J connectivity index is 1.42. The van der Waals surface area contributed by atoms with E-state index < -0.39 is 17.7 Å². The van der Waals surface area contributed by atoms with Gasteiger partial charge in [-0.3, -0.25) is 14.5 Å². The number of halogens is 1. The SMILES string of the molecule is CCOc1cc(C2/C(=C(\O)c3ccc4c(c3)CC(C)O4)C(=O)C(=O)N2c2nnc(SCc3ccccc3F)s2)ccc1O. The van der Waals surface area contributed by atoms with Crippen LogP contribution < -0.4 is 14.4 Å². The quantitative estimate of drug-likeness (QED) is 0.0801. The maximum absolute atomic E-state index is 14.1. The predicted octanol–water partition coefficient (Wildman–Crippen LogP) is 6.02. The number of benzene rings is 3. The minimum Gasteiger partial charge on any atom is -0.507 e. The third-order valence-corrected chi connectivity index (χ3v) is 9.23. The molecule has 3 heterocycles. The molecule has 2 N–H and O–H groups in total. The van der Waals surface area contributed by atoms with E-state index in [9.17, 15) is 24.2 Å². The number of hydrogen-bond donors (Lipinski definition) is 2. The maximum atomic E-state index is 14.1. The summed E-state index contributed by atoms with van der Waals surface area (Å²) >= 11 is 2.32. The second-order valence-corrected chi connectivity index (χ2v) is 12.2. The molecule has 4 aromatic rings. The summed E-state index contributed by atoms with van der Waals surface area (Å²) in [5.41, 5.74) is 2.01. The zero-order valence-corrected chi connectivity index (χ0v) is 24.7. The molecule has 9 nitrogen and oxygen atoms in total. The molecule has 2 aliphatic heterocycles. The molecule has 12 heteroatoms. The van der Waals surface area contributed by atoms with Crippen molar-refractivity contribution in [2.24, 2.45) is 0 Å². The van der Waals surface area contributed by atoms with Gasteiger partial charge < -0.3 is 19.7 Å². The number of carbonyl (C=O) groups is 2. The van der Waals surface area contributed by atoms with Crippen LogP contribution in [0.15, 0.2) is 70.6 Å². The summed E-state index contributed by atoms with van der Waals surface area (Å²) in [5, 5.41) is 30.4. The third kappa shape index (κ3) is 5.43. The Hall–Kier alpha value is -4.42. The number of ether oxygens (including phenoxy) is 2. The summed E-state index contributed by atoms with van der Waals surface area (Å²) < 4.78 is 26.0. The van der Waals surface area contributed by atoms with Gasteiger partial charge >= 0.3 is 5.91 Å². The lowest BCUT2D eigenvalue weighted by atomic mass is 9.94. The summed E-state index contributed by atoms with van der Waals surface area (Å²) in [5.74, 6) is -1.43. The van der Waals surface area contributed by atoms with Crippen molar-refractivity contribution in [1.29, 1.82) is 0 Å². The highest BCUT2D eigenvalue weighted by atomic mass is 32.2. The summed E-state index contributed by atoms with van der Waals surface area (Å²) in [6.07, 6.45) is 0.622. The van der Waals surface area contributed by atoms with E-state index in [1.165, 1.54) is 34.9 Å². The fourth-order valence-corrected chi connectivity index (χ4v) is 7.01. The number of aromatic hydroxyl groups is 1. The molecule has 43 heavy (non-hydrogen) atoms. The molecule has 3 aromatic carbocycles. The van der Waals surface area contributed by atoms with E-state index in [1.54, 1.807) is 49.4 Å². The smallest absolute Gasteiger partial charge is 0.301 e. The lowest BCUT2D eigenvalue weighted by Gasteiger charge is -2.23. The van der Waals surface area contributed by atoms with Crippen LogP contribution in [0.3, 0.4) is 0 Å². The van der Waals surface area contributed by atoms with Crippen LogP contribution in [0.2, 0.25) is 0 Å². The highest BCUT2D eigenvalue weighted by Gasteiger charge is 2.48.